The van der Waals surface area contributed by atoms with Crippen molar-refractivity contribution in [2.24, 2.45) is 5.92 Å². The molecule has 8 nitrogen and oxygen atoms in total. The Kier molecular flexibility index (Phi) is 6.10. The highest BCUT2D eigenvalue weighted by Gasteiger charge is 2.31. The lowest BCUT2D eigenvalue weighted by atomic mass is 9.96. The van der Waals surface area contributed by atoms with Gasteiger partial charge in [0.2, 0.25) is 5.91 Å². The number of rotatable bonds is 4. The van der Waals surface area contributed by atoms with Crippen LogP contribution in [0.15, 0.2) is 24.5 Å². The van der Waals surface area contributed by atoms with Crippen molar-refractivity contribution in [3.63, 3.8) is 0 Å². The monoisotopic (exact) mass is 468 g/mol. The molecule has 1 saturated heterocycles. The Balaban J connectivity index is 1.41. The van der Waals surface area contributed by atoms with Gasteiger partial charge in [-0.3, -0.25) is 4.79 Å². The number of nitrogens with zero attached hydrogens (tertiary/aromatic N) is 6. The molecule has 33 heavy (non-hydrogen) atoms. The number of carbonyl (C=O) groups excluding carboxylic acids is 1. The second-order valence-electron chi connectivity index (χ2n) is 8.86. The van der Waals surface area contributed by atoms with Gasteiger partial charge in [0.05, 0.1) is 18.7 Å². The molecule has 0 unspecified atom stereocenters. The molecule has 0 radical (unpaired) electrons. The predicted molar refractivity (Wildman–Crippen MR) is 129 cm³/mol. The molecule has 2 aromatic heterocycles. The van der Waals surface area contributed by atoms with E-state index in [1.165, 1.54) is 6.42 Å². The van der Waals surface area contributed by atoms with Gasteiger partial charge in [-0.2, -0.15) is 0 Å². The smallest absolute Gasteiger partial charge is 0.231 e. The van der Waals surface area contributed by atoms with Gasteiger partial charge in [0.25, 0.3) is 0 Å². The zero-order valence-corrected chi connectivity index (χ0v) is 19.9. The van der Waals surface area contributed by atoms with Gasteiger partial charge in [0.15, 0.2) is 17.0 Å². The lowest BCUT2D eigenvalue weighted by molar-refractivity contribution is -0.122. The van der Waals surface area contributed by atoms with E-state index in [1.807, 2.05) is 0 Å². The van der Waals surface area contributed by atoms with E-state index in [4.69, 9.17) is 21.3 Å². The molecule has 2 aliphatic rings. The number of benzene rings is 1. The number of aryl methyl sites for hydroxylation is 2. The maximum atomic E-state index is 13.5. The van der Waals surface area contributed by atoms with Crippen molar-refractivity contribution in [1.29, 1.82) is 0 Å². The van der Waals surface area contributed by atoms with Crippen molar-refractivity contribution < 1.29 is 9.53 Å². The Bertz CT molecular complexity index is 1180. The molecule has 9 heteroatoms. The molecule has 0 spiro atoms. The summed E-state index contributed by atoms with van der Waals surface area (Å²) in [5, 5.41) is 0.568. The minimum atomic E-state index is -0.155. The minimum Gasteiger partial charge on any atom is -0.495 e. The maximum absolute atomic E-state index is 13.5. The summed E-state index contributed by atoms with van der Waals surface area (Å²) < 4.78 is 7.71. The fourth-order valence-corrected chi connectivity index (χ4v) is 5.21. The quantitative estimate of drug-likeness (QED) is 0.574. The fraction of sp³-hybridized carbons (Fsp3) is 0.500. The second-order valence-corrected chi connectivity index (χ2v) is 9.29. The number of imidazole rings is 1. The highest BCUT2D eigenvalue weighted by atomic mass is 35.5. The summed E-state index contributed by atoms with van der Waals surface area (Å²) in [6, 6.07) is 5.32. The molecule has 0 bridgehead atoms. The Morgan fingerprint density at radius 3 is 2.91 bits per heavy atom. The number of hydrogen-bond acceptors (Lipinski definition) is 6. The van der Waals surface area contributed by atoms with Crippen LogP contribution in [0.25, 0.3) is 11.2 Å². The molecular formula is C24H29ClN6O2. The Morgan fingerprint density at radius 2 is 2.06 bits per heavy atom. The number of hydrogen-bond donors (Lipinski definition) is 0. The van der Waals surface area contributed by atoms with E-state index in [2.05, 4.69) is 19.4 Å². The molecule has 5 rings (SSSR count). The maximum Gasteiger partial charge on any atom is 0.231 e. The summed E-state index contributed by atoms with van der Waals surface area (Å²) in [6.45, 7) is 2.40. The number of carbonyl (C=O) groups is 1. The standard InChI is InChI=1S/C24H29ClN6O2/c1-29(18-13-17(25)9-10-19(18)33-2)24(32)16-7-6-11-30(14-16)22-21-23(27-15-26-22)31-12-5-3-4-8-20(31)28-21/h9-10,13,15-16H,3-8,11-12,14H2,1-2H3/t16-/m0/s1. The first-order chi connectivity index (χ1) is 16.1. The van der Waals surface area contributed by atoms with Gasteiger partial charge in [-0.25, -0.2) is 15.0 Å². The molecule has 2 aliphatic heterocycles. The van der Waals surface area contributed by atoms with Crippen LogP contribution in [0.2, 0.25) is 5.02 Å². The zero-order chi connectivity index (χ0) is 22.9. The minimum absolute atomic E-state index is 0.0474. The number of anilines is 2. The van der Waals surface area contributed by atoms with Crippen molar-refractivity contribution in [3.05, 3.63) is 35.4 Å². The molecule has 0 saturated carbocycles. The van der Waals surface area contributed by atoms with E-state index in [9.17, 15) is 4.79 Å². The van der Waals surface area contributed by atoms with Gasteiger partial charge >= 0.3 is 0 Å². The number of methoxy groups -OCH3 is 1. The summed E-state index contributed by atoms with van der Waals surface area (Å²) in [5.74, 6) is 2.45. The van der Waals surface area contributed by atoms with Crippen molar-refractivity contribution in [3.8, 4) is 5.75 Å². The first kappa shape index (κ1) is 21.9. The number of halogens is 1. The number of piperidine rings is 1. The normalized spacial score (nSPS) is 18.6. The van der Waals surface area contributed by atoms with Gasteiger partial charge in [-0.15, -0.1) is 0 Å². The predicted octanol–water partition coefficient (Wildman–Crippen LogP) is 4.09. The molecule has 3 aromatic rings. The van der Waals surface area contributed by atoms with E-state index >= 15 is 0 Å². The lowest BCUT2D eigenvalue weighted by Crippen LogP contribution is -2.44. The molecular weight excluding hydrogens is 440 g/mol. The van der Waals surface area contributed by atoms with Crippen LogP contribution >= 0.6 is 11.6 Å². The average molecular weight is 469 g/mol. The molecule has 1 aromatic carbocycles. The highest BCUT2D eigenvalue weighted by molar-refractivity contribution is 6.31. The van der Waals surface area contributed by atoms with E-state index in [0.717, 1.165) is 68.0 Å². The number of fused-ring (bicyclic) bond motifs is 3. The first-order valence-electron chi connectivity index (χ1n) is 11.6. The van der Waals surface area contributed by atoms with Crippen molar-refractivity contribution in [1.82, 2.24) is 19.5 Å². The van der Waals surface area contributed by atoms with E-state index in [-0.39, 0.29) is 11.8 Å². The summed E-state index contributed by atoms with van der Waals surface area (Å²) in [7, 11) is 3.38. The molecule has 174 valence electrons. The van der Waals surface area contributed by atoms with Crippen LogP contribution in [0.4, 0.5) is 11.5 Å². The second kappa shape index (κ2) is 9.17. The van der Waals surface area contributed by atoms with E-state index in [1.54, 1.807) is 43.6 Å². The summed E-state index contributed by atoms with van der Waals surface area (Å²) in [5.41, 5.74) is 2.44. The van der Waals surface area contributed by atoms with Crippen molar-refractivity contribution in [2.75, 3.05) is 37.0 Å². The van der Waals surface area contributed by atoms with Gasteiger partial charge in [0.1, 0.15) is 17.9 Å². The molecule has 0 N–H and O–H groups in total. The Hall–Kier alpha value is -2.87. The fourth-order valence-electron chi connectivity index (χ4n) is 5.05. The third-order valence-corrected chi connectivity index (χ3v) is 7.01. The Morgan fingerprint density at radius 1 is 1.18 bits per heavy atom. The topological polar surface area (TPSA) is 76.4 Å². The largest absolute Gasteiger partial charge is 0.495 e. The van der Waals surface area contributed by atoms with Crippen LogP contribution < -0.4 is 14.5 Å². The molecule has 0 aliphatic carbocycles. The highest BCUT2D eigenvalue weighted by Crippen LogP contribution is 2.34. The van der Waals surface area contributed by atoms with Crippen LogP contribution in [0, 0.1) is 5.92 Å². The lowest BCUT2D eigenvalue weighted by Gasteiger charge is -2.34. The molecule has 1 atom stereocenters. The van der Waals surface area contributed by atoms with Crippen LogP contribution in [0.1, 0.15) is 37.9 Å². The van der Waals surface area contributed by atoms with Gasteiger partial charge < -0.3 is 19.1 Å². The number of amides is 1. The SMILES string of the molecule is COc1ccc(Cl)cc1N(C)C(=O)[C@H]1CCCN(c2ncnc3c2nc2n3CCCCC2)C1. The molecule has 1 fully saturated rings. The summed E-state index contributed by atoms with van der Waals surface area (Å²) in [6.07, 6.45) is 7.88. The van der Waals surface area contributed by atoms with Crippen molar-refractivity contribution >= 4 is 40.2 Å². The third-order valence-electron chi connectivity index (χ3n) is 6.78. The Labute approximate surface area is 198 Å². The molecule has 4 heterocycles. The van der Waals surface area contributed by atoms with E-state index in [0.29, 0.717) is 23.0 Å². The van der Waals surface area contributed by atoms with Gasteiger partial charge in [-0.05, 0) is 43.9 Å². The van der Waals surface area contributed by atoms with Crippen LogP contribution in [0.3, 0.4) is 0 Å². The van der Waals surface area contributed by atoms with Crippen molar-refractivity contribution in [2.45, 2.75) is 45.1 Å². The zero-order valence-electron chi connectivity index (χ0n) is 19.1. The van der Waals surface area contributed by atoms with Gasteiger partial charge in [0, 0.05) is 38.1 Å². The summed E-state index contributed by atoms with van der Waals surface area (Å²) >= 11 is 6.20. The van der Waals surface area contributed by atoms with E-state index < -0.39 is 0 Å². The third kappa shape index (κ3) is 4.12. The molecule has 1 amide bonds. The van der Waals surface area contributed by atoms with Crippen LogP contribution in [0.5, 0.6) is 5.75 Å². The van der Waals surface area contributed by atoms with Crippen LogP contribution in [-0.4, -0.2) is 52.7 Å². The van der Waals surface area contributed by atoms with Crippen LogP contribution in [-0.2, 0) is 17.8 Å². The first-order valence-corrected chi connectivity index (χ1v) is 12.0. The number of ether oxygens (including phenoxy) is 1. The average Bonchev–Trinajstić information content (AvgIpc) is 3.03. The van der Waals surface area contributed by atoms with Gasteiger partial charge in [-0.1, -0.05) is 18.0 Å². The summed E-state index contributed by atoms with van der Waals surface area (Å²) in [4.78, 5) is 31.4. The number of aromatic nitrogens is 4.